The van der Waals surface area contributed by atoms with Crippen LogP contribution in [0.25, 0.3) is 0 Å². The van der Waals surface area contributed by atoms with Gasteiger partial charge in [0, 0.05) is 12.8 Å². The maximum Gasteiger partial charge on any atom is 0.305 e. The number of carbonyl (C=O) groups excluding carboxylic acids is 2. The normalized spacial score (nSPS) is 12.6. The SMILES string of the molecule is CCCCCCCCCCCCCCCCC/C=C/C(O)C(CO)NC(=O)CCCCCCCCCCCCCCCCCCC/C=C\CCCCCCCCCCCCCCOC(=O)CCCCCCCCCCCCCCCCCCCC. The highest BCUT2D eigenvalue weighted by Gasteiger charge is 2.18. The number of amides is 1. The molecule has 6 heteroatoms. The van der Waals surface area contributed by atoms with Crippen LogP contribution in [0.15, 0.2) is 24.3 Å². The molecule has 3 N–H and O–H groups in total. The van der Waals surface area contributed by atoms with Gasteiger partial charge in [0.1, 0.15) is 0 Å². The summed E-state index contributed by atoms with van der Waals surface area (Å²) in [5.41, 5.74) is 0. The van der Waals surface area contributed by atoms with Crippen molar-refractivity contribution in [1.29, 1.82) is 0 Å². The van der Waals surface area contributed by atoms with E-state index in [-0.39, 0.29) is 18.5 Å². The molecule has 0 bridgehead atoms. The predicted molar refractivity (Wildman–Crippen MR) is 375 cm³/mol. The number of allylic oxidation sites excluding steroid dienone is 3. The summed E-state index contributed by atoms with van der Waals surface area (Å²) in [5.74, 6) is -0.0374. The molecule has 2 unspecified atom stereocenters. The zero-order valence-electron chi connectivity index (χ0n) is 57.9. The fourth-order valence-electron chi connectivity index (χ4n) is 12.5. The summed E-state index contributed by atoms with van der Waals surface area (Å²) < 4.78 is 5.52. The van der Waals surface area contributed by atoms with Crippen molar-refractivity contribution in [3.63, 3.8) is 0 Å². The fourth-order valence-corrected chi connectivity index (χ4v) is 12.5. The number of rotatable bonds is 74. The van der Waals surface area contributed by atoms with Crippen LogP contribution in [-0.4, -0.2) is 47.4 Å². The Kier molecular flexibility index (Phi) is 73.3. The van der Waals surface area contributed by atoms with Gasteiger partial charge in [-0.15, -0.1) is 0 Å². The Balaban J connectivity index is 3.34. The van der Waals surface area contributed by atoms with Gasteiger partial charge < -0.3 is 20.3 Å². The van der Waals surface area contributed by atoms with Crippen LogP contribution in [0.4, 0.5) is 0 Å². The molecule has 0 spiro atoms. The molecule has 0 saturated carbocycles. The highest BCUT2D eigenvalue weighted by molar-refractivity contribution is 5.76. The molecule has 0 aliphatic rings. The molecule has 0 aromatic rings. The number of esters is 1. The molecule has 85 heavy (non-hydrogen) atoms. The van der Waals surface area contributed by atoms with Gasteiger partial charge in [0.25, 0.3) is 0 Å². The number of aliphatic hydroxyl groups is 2. The highest BCUT2D eigenvalue weighted by Crippen LogP contribution is 2.20. The van der Waals surface area contributed by atoms with Gasteiger partial charge in [0.15, 0.2) is 0 Å². The number of aliphatic hydroxyl groups excluding tert-OH is 2. The van der Waals surface area contributed by atoms with Gasteiger partial charge in [-0.25, -0.2) is 0 Å². The summed E-state index contributed by atoms with van der Waals surface area (Å²) in [4.78, 5) is 24.6. The molecule has 0 fully saturated rings. The van der Waals surface area contributed by atoms with Gasteiger partial charge in [-0.1, -0.05) is 398 Å². The molecule has 1 amide bonds. The van der Waals surface area contributed by atoms with E-state index in [1.807, 2.05) is 6.08 Å². The van der Waals surface area contributed by atoms with Crippen LogP contribution < -0.4 is 5.32 Å². The quantitative estimate of drug-likeness (QED) is 0.0320. The van der Waals surface area contributed by atoms with E-state index in [9.17, 15) is 19.8 Å². The Bertz CT molecular complexity index is 1330. The average Bonchev–Trinajstić information content (AvgIpc) is 3.51. The minimum absolute atomic E-state index is 0.0238. The third-order valence-corrected chi connectivity index (χ3v) is 18.5. The van der Waals surface area contributed by atoms with Crippen molar-refractivity contribution < 1.29 is 24.5 Å². The van der Waals surface area contributed by atoms with Crippen LogP contribution in [-0.2, 0) is 14.3 Å². The van der Waals surface area contributed by atoms with Gasteiger partial charge in [-0.3, -0.25) is 9.59 Å². The van der Waals surface area contributed by atoms with Crippen molar-refractivity contribution >= 4 is 11.9 Å². The number of hydrogen-bond acceptors (Lipinski definition) is 5. The molecule has 504 valence electrons. The van der Waals surface area contributed by atoms with Crippen LogP contribution in [0.3, 0.4) is 0 Å². The van der Waals surface area contributed by atoms with Crippen LogP contribution >= 0.6 is 0 Å². The van der Waals surface area contributed by atoms with Crippen LogP contribution in [0.5, 0.6) is 0 Å². The minimum atomic E-state index is -0.842. The van der Waals surface area contributed by atoms with E-state index in [0.717, 1.165) is 38.5 Å². The molecule has 0 rings (SSSR count). The summed E-state index contributed by atoms with van der Waals surface area (Å²) in [7, 11) is 0. The van der Waals surface area contributed by atoms with E-state index in [1.54, 1.807) is 6.08 Å². The molecule has 0 aliphatic carbocycles. The van der Waals surface area contributed by atoms with Crippen molar-refractivity contribution in [2.75, 3.05) is 13.2 Å². The van der Waals surface area contributed by atoms with Crippen molar-refractivity contribution in [1.82, 2.24) is 5.32 Å². The molecule has 2 atom stereocenters. The van der Waals surface area contributed by atoms with Crippen molar-refractivity contribution in [2.45, 2.75) is 456 Å². The lowest BCUT2D eigenvalue weighted by Crippen LogP contribution is -2.45. The first-order valence-electron chi connectivity index (χ1n) is 39.1. The average molecular weight is 1200 g/mol. The van der Waals surface area contributed by atoms with Crippen molar-refractivity contribution in [2.24, 2.45) is 0 Å². The van der Waals surface area contributed by atoms with Crippen LogP contribution in [0.1, 0.15) is 444 Å². The number of hydrogen-bond donors (Lipinski definition) is 3. The molecular weight excluding hydrogens is 1040 g/mol. The summed E-state index contributed by atoms with van der Waals surface area (Å²) in [6.45, 7) is 4.96. The number of carbonyl (C=O) groups is 2. The minimum Gasteiger partial charge on any atom is -0.466 e. The predicted octanol–water partition coefficient (Wildman–Crippen LogP) is 25.7. The van der Waals surface area contributed by atoms with E-state index >= 15 is 0 Å². The molecule has 0 saturated heterocycles. The fraction of sp³-hybridized carbons (Fsp3) is 0.924. The topological polar surface area (TPSA) is 95.9 Å². The van der Waals surface area contributed by atoms with E-state index < -0.39 is 12.1 Å². The summed E-state index contributed by atoms with van der Waals surface area (Å²) in [6.07, 6.45) is 95.8. The van der Waals surface area contributed by atoms with Gasteiger partial charge >= 0.3 is 5.97 Å². The van der Waals surface area contributed by atoms with Crippen molar-refractivity contribution in [3.05, 3.63) is 24.3 Å². The third-order valence-electron chi connectivity index (χ3n) is 18.5. The third kappa shape index (κ3) is 71.3. The molecule has 0 radical (unpaired) electrons. The van der Waals surface area contributed by atoms with Gasteiger partial charge in [0.05, 0.1) is 25.4 Å². The first-order chi connectivity index (χ1) is 42.0. The molecule has 0 heterocycles. The molecule has 0 aromatic carbocycles. The van der Waals surface area contributed by atoms with E-state index in [2.05, 4.69) is 31.3 Å². The Labute approximate surface area is 532 Å². The second-order valence-corrected chi connectivity index (χ2v) is 27.0. The monoisotopic (exact) mass is 1200 g/mol. The standard InChI is InChI=1S/C79H153NO5/c1-3-5-7-9-11-13-15-17-19-21-41-45-49-53-57-61-65-69-73-79(84)85-74-70-66-62-58-54-50-46-42-38-36-34-32-30-28-26-24-22-23-25-27-29-31-33-35-37-40-44-48-52-56-60-64-68-72-78(83)80-76(75-81)77(82)71-67-63-59-55-51-47-43-39-20-18-16-14-12-10-8-6-4-2/h26,28,67,71,76-77,81-82H,3-25,27,29-66,68-70,72-75H2,1-2H3,(H,80,83)/b28-26-,71-67+. The summed E-state index contributed by atoms with van der Waals surface area (Å²) in [6, 6.07) is -0.626. The Morgan fingerprint density at radius 2 is 0.553 bits per heavy atom. The number of ether oxygens (including phenoxy) is 1. The van der Waals surface area contributed by atoms with Crippen LogP contribution in [0.2, 0.25) is 0 Å². The van der Waals surface area contributed by atoms with Crippen LogP contribution in [0, 0.1) is 0 Å². The van der Waals surface area contributed by atoms with Gasteiger partial charge in [-0.05, 0) is 57.8 Å². The lowest BCUT2D eigenvalue weighted by molar-refractivity contribution is -0.143. The first kappa shape index (κ1) is 83.3. The molecule has 6 nitrogen and oxygen atoms in total. The highest BCUT2D eigenvalue weighted by atomic mass is 16.5. The Morgan fingerprint density at radius 3 is 0.835 bits per heavy atom. The van der Waals surface area contributed by atoms with E-state index in [1.165, 1.54) is 379 Å². The zero-order chi connectivity index (χ0) is 61.3. The molecule has 0 aromatic heterocycles. The second-order valence-electron chi connectivity index (χ2n) is 27.0. The lowest BCUT2D eigenvalue weighted by atomic mass is 10.0. The maximum absolute atomic E-state index is 12.5. The maximum atomic E-state index is 12.5. The van der Waals surface area contributed by atoms with Crippen molar-refractivity contribution in [3.8, 4) is 0 Å². The smallest absolute Gasteiger partial charge is 0.305 e. The van der Waals surface area contributed by atoms with E-state index in [0.29, 0.717) is 19.4 Å². The summed E-state index contributed by atoms with van der Waals surface area (Å²) in [5, 5.41) is 23.2. The number of unbranched alkanes of at least 4 members (excludes halogenated alkanes) is 61. The van der Waals surface area contributed by atoms with E-state index in [4.69, 9.17) is 4.74 Å². The van der Waals surface area contributed by atoms with Gasteiger partial charge in [-0.2, -0.15) is 0 Å². The molecule has 0 aliphatic heterocycles. The lowest BCUT2D eigenvalue weighted by Gasteiger charge is -2.20. The largest absolute Gasteiger partial charge is 0.466 e. The zero-order valence-corrected chi connectivity index (χ0v) is 57.9. The second kappa shape index (κ2) is 74.8. The molecular formula is C79H153NO5. The number of nitrogens with one attached hydrogen (secondary N) is 1. The summed E-state index contributed by atoms with van der Waals surface area (Å²) >= 11 is 0. The first-order valence-corrected chi connectivity index (χ1v) is 39.1. The van der Waals surface area contributed by atoms with Gasteiger partial charge in [0.2, 0.25) is 5.91 Å². The Hall–Kier alpha value is -1.66. The Morgan fingerprint density at radius 1 is 0.318 bits per heavy atom.